The van der Waals surface area contributed by atoms with Gasteiger partial charge in [-0.15, -0.1) is 11.3 Å². The summed E-state index contributed by atoms with van der Waals surface area (Å²) in [5, 5.41) is 7.61. The van der Waals surface area contributed by atoms with Crippen molar-refractivity contribution in [3.63, 3.8) is 0 Å². The Hall–Kier alpha value is -2.08. The van der Waals surface area contributed by atoms with Gasteiger partial charge in [0.25, 0.3) is 0 Å². The first kappa shape index (κ1) is 18.3. The maximum Gasteiger partial charge on any atom is 0.191 e. The van der Waals surface area contributed by atoms with Crippen LogP contribution in [0.1, 0.15) is 27.9 Å². The van der Waals surface area contributed by atoms with E-state index in [9.17, 15) is 0 Å². The Morgan fingerprint density at radius 3 is 2.62 bits per heavy atom. The summed E-state index contributed by atoms with van der Waals surface area (Å²) >= 11 is 1.73. The lowest BCUT2D eigenvalue weighted by Crippen LogP contribution is -2.38. The van der Waals surface area contributed by atoms with Gasteiger partial charge in [0, 0.05) is 18.1 Å². The number of benzene rings is 1. The highest BCUT2D eigenvalue weighted by Gasteiger charge is 2.04. The molecule has 2 rings (SSSR count). The summed E-state index contributed by atoms with van der Waals surface area (Å²) in [6.45, 7) is 8.22. The SMILES string of the molecule is CCc1cnc(CNC(=NC)NCCOc2c(C)cccc2C)s1. The number of ether oxygens (including phenoxy) is 1. The summed E-state index contributed by atoms with van der Waals surface area (Å²) in [5.41, 5.74) is 2.32. The van der Waals surface area contributed by atoms with Crippen LogP contribution in [-0.4, -0.2) is 31.1 Å². The number of rotatable bonds is 7. The van der Waals surface area contributed by atoms with Gasteiger partial charge >= 0.3 is 0 Å². The molecule has 0 amide bonds. The molecule has 6 heteroatoms. The number of nitrogens with zero attached hydrogens (tertiary/aromatic N) is 2. The molecule has 0 saturated heterocycles. The van der Waals surface area contributed by atoms with Crippen LogP contribution in [-0.2, 0) is 13.0 Å². The summed E-state index contributed by atoms with van der Waals surface area (Å²) in [4.78, 5) is 9.93. The first-order valence-electron chi connectivity index (χ1n) is 8.21. The highest BCUT2D eigenvalue weighted by molar-refractivity contribution is 7.11. The van der Waals surface area contributed by atoms with E-state index in [1.807, 2.05) is 12.3 Å². The lowest BCUT2D eigenvalue weighted by molar-refractivity contribution is 0.317. The van der Waals surface area contributed by atoms with Crippen molar-refractivity contribution in [2.45, 2.75) is 33.7 Å². The van der Waals surface area contributed by atoms with Crippen molar-refractivity contribution in [3.8, 4) is 5.75 Å². The average molecular weight is 346 g/mol. The van der Waals surface area contributed by atoms with E-state index in [0.29, 0.717) is 19.7 Å². The van der Waals surface area contributed by atoms with Gasteiger partial charge in [-0.25, -0.2) is 4.98 Å². The Labute approximate surface area is 148 Å². The molecule has 0 radical (unpaired) electrons. The largest absolute Gasteiger partial charge is 0.491 e. The lowest BCUT2D eigenvalue weighted by atomic mass is 10.1. The molecule has 0 saturated carbocycles. The van der Waals surface area contributed by atoms with Crippen molar-refractivity contribution < 1.29 is 4.74 Å². The fourth-order valence-corrected chi connectivity index (χ4v) is 3.12. The van der Waals surface area contributed by atoms with E-state index in [1.165, 1.54) is 4.88 Å². The molecule has 2 aromatic rings. The molecular weight excluding hydrogens is 320 g/mol. The second-order valence-corrected chi connectivity index (χ2v) is 6.70. The third-order valence-corrected chi connectivity index (χ3v) is 4.77. The number of thiazole rings is 1. The zero-order valence-corrected chi connectivity index (χ0v) is 15.7. The van der Waals surface area contributed by atoms with Crippen molar-refractivity contribution in [1.29, 1.82) is 0 Å². The van der Waals surface area contributed by atoms with Crippen LogP contribution in [0.25, 0.3) is 0 Å². The normalized spacial score (nSPS) is 11.4. The van der Waals surface area contributed by atoms with Crippen LogP contribution < -0.4 is 15.4 Å². The highest BCUT2D eigenvalue weighted by Crippen LogP contribution is 2.21. The first-order valence-corrected chi connectivity index (χ1v) is 9.02. The second-order valence-electron chi connectivity index (χ2n) is 5.50. The number of aromatic nitrogens is 1. The first-order chi connectivity index (χ1) is 11.6. The van der Waals surface area contributed by atoms with Crippen molar-refractivity contribution in [2.75, 3.05) is 20.2 Å². The van der Waals surface area contributed by atoms with Crippen molar-refractivity contribution in [3.05, 3.63) is 45.4 Å². The highest BCUT2D eigenvalue weighted by atomic mass is 32.1. The van der Waals surface area contributed by atoms with Gasteiger partial charge in [0.1, 0.15) is 17.4 Å². The second kappa shape index (κ2) is 9.27. The molecule has 130 valence electrons. The van der Waals surface area contributed by atoms with Gasteiger partial charge < -0.3 is 15.4 Å². The predicted molar refractivity (Wildman–Crippen MR) is 101 cm³/mol. The van der Waals surface area contributed by atoms with E-state index in [4.69, 9.17) is 4.74 Å². The Balaban J connectivity index is 1.73. The molecule has 2 N–H and O–H groups in total. The quantitative estimate of drug-likeness (QED) is 0.460. The zero-order chi connectivity index (χ0) is 17.4. The molecule has 0 aliphatic heterocycles. The lowest BCUT2D eigenvalue weighted by Gasteiger charge is -2.14. The molecule has 1 heterocycles. The van der Waals surface area contributed by atoms with Gasteiger partial charge in [-0.05, 0) is 31.4 Å². The van der Waals surface area contributed by atoms with E-state index < -0.39 is 0 Å². The number of guanidine groups is 1. The standard InChI is InChI=1S/C18H26N4OS/c1-5-15-11-21-16(24-15)12-22-18(19-4)20-9-10-23-17-13(2)7-6-8-14(17)3/h6-8,11H,5,9-10,12H2,1-4H3,(H2,19,20,22). The summed E-state index contributed by atoms with van der Waals surface area (Å²) < 4.78 is 5.89. The van der Waals surface area contributed by atoms with Gasteiger partial charge in [-0.2, -0.15) is 0 Å². The number of hydrogen-bond acceptors (Lipinski definition) is 4. The third-order valence-electron chi connectivity index (χ3n) is 3.63. The van der Waals surface area contributed by atoms with E-state index >= 15 is 0 Å². The Bertz CT molecular complexity index is 661. The summed E-state index contributed by atoms with van der Waals surface area (Å²) in [6, 6.07) is 6.17. The summed E-state index contributed by atoms with van der Waals surface area (Å²) in [5.74, 6) is 1.73. The fourth-order valence-electron chi connectivity index (χ4n) is 2.32. The van der Waals surface area contributed by atoms with E-state index in [-0.39, 0.29) is 0 Å². The summed E-state index contributed by atoms with van der Waals surface area (Å²) in [7, 11) is 1.76. The minimum absolute atomic E-state index is 0.587. The maximum atomic E-state index is 5.89. The Kier molecular flexibility index (Phi) is 7.06. The van der Waals surface area contributed by atoms with Crippen LogP contribution in [0.4, 0.5) is 0 Å². The number of nitrogens with one attached hydrogen (secondary N) is 2. The molecule has 0 bridgehead atoms. The number of aryl methyl sites for hydroxylation is 3. The van der Waals surface area contributed by atoms with Crippen LogP contribution in [0.5, 0.6) is 5.75 Å². The molecule has 1 aromatic carbocycles. The van der Waals surface area contributed by atoms with Gasteiger partial charge in [0.2, 0.25) is 0 Å². The Morgan fingerprint density at radius 1 is 1.25 bits per heavy atom. The molecule has 0 spiro atoms. The smallest absolute Gasteiger partial charge is 0.191 e. The Morgan fingerprint density at radius 2 is 2.00 bits per heavy atom. The molecule has 0 aliphatic carbocycles. The zero-order valence-electron chi connectivity index (χ0n) is 14.8. The fraction of sp³-hybridized carbons (Fsp3) is 0.444. The van der Waals surface area contributed by atoms with Gasteiger partial charge in [-0.1, -0.05) is 25.1 Å². The number of para-hydroxylation sites is 1. The minimum atomic E-state index is 0.587. The third kappa shape index (κ3) is 5.23. The molecule has 0 aliphatic rings. The van der Waals surface area contributed by atoms with Crippen molar-refractivity contribution in [1.82, 2.24) is 15.6 Å². The minimum Gasteiger partial charge on any atom is -0.491 e. The van der Waals surface area contributed by atoms with Crippen LogP contribution in [0.2, 0.25) is 0 Å². The van der Waals surface area contributed by atoms with Gasteiger partial charge in [0.15, 0.2) is 5.96 Å². The molecule has 0 fully saturated rings. The van der Waals surface area contributed by atoms with E-state index in [2.05, 4.69) is 53.5 Å². The van der Waals surface area contributed by atoms with E-state index in [1.54, 1.807) is 18.4 Å². The van der Waals surface area contributed by atoms with Crippen molar-refractivity contribution in [2.24, 2.45) is 4.99 Å². The van der Waals surface area contributed by atoms with E-state index in [0.717, 1.165) is 34.3 Å². The molecular formula is C18H26N4OS. The number of aliphatic imine (C=N–C) groups is 1. The molecule has 0 unspecified atom stereocenters. The molecule has 24 heavy (non-hydrogen) atoms. The maximum absolute atomic E-state index is 5.89. The topological polar surface area (TPSA) is 58.5 Å². The molecule has 1 aromatic heterocycles. The van der Waals surface area contributed by atoms with Crippen LogP contribution in [0.3, 0.4) is 0 Å². The monoisotopic (exact) mass is 346 g/mol. The number of hydrogen-bond donors (Lipinski definition) is 2. The van der Waals surface area contributed by atoms with Gasteiger partial charge in [-0.3, -0.25) is 4.99 Å². The average Bonchev–Trinajstić information content (AvgIpc) is 3.04. The van der Waals surface area contributed by atoms with Crippen molar-refractivity contribution >= 4 is 17.3 Å². The van der Waals surface area contributed by atoms with Crippen LogP contribution >= 0.6 is 11.3 Å². The van der Waals surface area contributed by atoms with Crippen LogP contribution in [0.15, 0.2) is 29.4 Å². The predicted octanol–water partition coefficient (Wildman–Crippen LogP) is 3.07. The van der Waals surface area contributed by atoms with Crippen LogP contribution in [0, 0.1) is 13.8 Å². The van der Waals surface area contributed by atoms with Gasteiger partial charge in [0.05, 0.1) is 13.1 Å². The molecule has 5 nitrogen and oxygen atoms in total. The molecule has 0 atom stereocenters. The summed E-state index contributed by atoms with van der Waals surface area (Å²) in [6.07, 6.45) is 2.97.